The first kappa shape index (κ1) is 16.0. The molecule has 0 heterocycles. The van der Waals surface area contributed by atoms with E-state index in [1.807, 2.05) is 0 Å². The zero-order valence-electron chi connectivity index (χ0n) is 12.5. The Bertz CT molecular complexity index is 671. The van der Waals surface area contributed by atoms with Crippen LogP contribution in [0.1, 0.15) is 24.2 Å². The van der Waals surface area contributed by atoms with Crippen molar-refractivity contribution in [3.05, 3.63) is 59.4 Å². The Morgan fingerprint density at radius 1 is 1.32 bits per heavy atom. The van der Waals surface area contributed by atoms with E-state index in [4.69, 9.17) is 4.74 Å². The normalized spacial score (nSPS) is 11.8. The molecule has 4 nitrogen and oxygen atoms in total. The van der Waals surface area contributed by atoms with E-state index >= 15 is 0 Å². The third-order valence-corrected chi connectivity index (χ3v) is 3.27. The monoisotopic (exact) mass is 303 g/mol. The predicted octanol–water partition coefficient (Wildman–Crippen LogP) is 3.07. The zero-order chi connectivity index (χ0) is 16.1. The van der Waals surface area contributed by atoms with Crippen LogP contribution in [0.4, 0.5) is 10.1 Å². The Balaban J connectivity index is 2.09. The van der Waals surface area contributed by atoms with Gasteiger partial charge in [0.05, 0.1) is 19.6 Å². The van der Waals surface area contributed by atoms with Gasteiger partial charge >= 0.3 is 0 Å². The highest BCUT2D eigenvalue weighted by molar-refractivity contribution is 5.93. The Kier molecular flexibility index (Phi) is 5.12. The average molecular weight is 303 g/mol. The van der Waals surface area contributed by atoms with E-state index in [0.717, 1.165) is 0 Å². The highest BCUT2D eigenvalue weighted by atomic mass is 19.1. The van der Waals surface area contributed by atoms with Crippen LogP contribution in [0.15, 0.2) is 42.5 Å². The second-order valence-electron chi connectivity index (χ2n) is 4.96. The number of carbonyl (C=O) groups is 1. The second-order valence-corrected chi connectivity index (χ2v) is 4.96. The summed E-state index contributed by atoms with van der Waals surface area (Å²) in [5.41, 5.74) is 1.73. The summed E-state index contributed by atoms with van der Waals surface area (Å²) in [6, 6.07) is 11.4. The summed E-state index contributed by atoms with van der Waals surface area (Å²) in [7, 11) is 1.39. The van der Waals surface area contributed by atoms with Crippen molar-refractivity contribution in [3.63, 3.8) is 0 Å². The molecule has 2 rings (SSSR count). The first-order valence-corrected chi connectivity index (χ1v) is 6.90. The number of amides is 1. The molecule has 1 unspecified atom stereocenters. The summed E-state index contributed by atoms with van der Waals surface area (Å²) in [5.74, 6) is -0.640. The van der Waals surface area contributed by atoms with E-state index in [-0.39, 0.29) is 18.1 Å². The van der Waals surface area contributed by atoms with Gasteiger partial charge in [-0.1, -0.05) is 24.3 Å². The lowest BCUT2D eigenvalue weighted by Crippen LogP contribution is -2.16. The molecule has 0 aliphatic carbocycles. The SMILES string of the molecule is COc1ccc(CC(=O)Nc2ccccc2C(C)O)cc1F. The molecule has 0 aliphatic rings. The van der Waals surface area contributed by atoms with Gasteiger partial charge in [0.2, 0.25) is 5.91 Å². The molecule has 0 saturated heterocycles. The van der Waals surface area contributed by atoms with Gasteiger partial charge in [-0.3, -0.25) is 4.79 Å². The van der Waals surface area contributed by atoms with Crippen LogP contribution in [0.2, 0.25) is 0 Å². The van der Waals surface area contributed by atoms with Gasteiger partial charge < -0.3 is 15.2 Å². The van der Waals surface area contributed by atoms with Crippen LogP contribution in [0.5, 0.6) is 5.75 Å². The topological polar surface area (TPSA) is 58.6 Å². The third-order valence-electron chi connectivity index (χ3n) is 3.27. The molecule has 0 fully saturated rings. The minimum atomic E-state index is -0.685. The summed E-state index contributed by atoms with van der Waals surface area (Å²) in [4.78, 5) is 12.1. The number of para-hydroxylation sites is 1. The van der Waals surface area contributed by atoms with E-state index in [2.05, 4.69) is 5.32 Å². The summed E-state index contributed by atoms with van der Waals surface area (Å²) >= 11 is 0. The molecule has 0 saturated carbocycles. The van der Waals surface area contributed by atoms with Crippen LogP contribution in [-0.2, 0) is 11.2 Å². The Morgan fingerprint density at radius 2 is 2.05 bits per heavy atom. The van der Waals surface area contributed by atoms with Gasteiger partial charge in [0, 0.05) is 11.3 Å². The van der Waals surface area contributed by atoms with Crippen LogP contribution < -0.4 is 10.1 Å². The predicted molar refractivity (Wildman–Crippen MR) is 82.4 cm³/mol. The summed E-state index contributed by atoms with van der Waals surface area (Å²) in [5, 5.41) is 12.4. The quantitative estimate of drug-likeness (QED) is 0.892. The number of hydrogen-bond donors (Lipinski definition) is 2. The zero-order valence-corrected chi connectivity index (χ0v) is 12.5. The number of aliphatic hydroxyl groups is 1. The standard InChI is InChI=1S/C17H18FNO3/c1-11(20)13-5-3-4-6-15(13)19-17(21)10-12-7-8-16(22-2)14(18)9-12/h3-9,11,20H,10H2,1-2H3,(H,19,21). The first-order chi connectivity index (χ1) is 10.5. The number of ether oxygens (including phenoxy) is 1. The van der Waals surface area contributed by atoms with Crippen molar-refractivity contribution in [1.29, 1.82) is 0 Å². The van der Waals surface area contributed by atoms with Crippen molar-refractivity contribution in [2.75, 3.05) is 12.4 Å². The van der Waals surface area contributed by atoms with Crippen LogP contribution in [0.3, 0.4) is 0 Å². The van der Waals surface area contributed by atoms with Crippen molar-refractivity contribution >= 4 is 11.6 Å². The van der Waals surface area contributed by atoms with Crippen molar-refractivity contribution in [2.24, 2.45) is 0 Å². The molecule has 0 aliphatic heterocycles. The number of hydrogen-bond acceptors (Lipinski definition) is 3. The van der Waals surface area contributed by atoms with E-state index in [1.54, 1.807) is 37.3 Å². The molecule has 5 heteroatoms. The van der Waals surface area contributed by atoms with Crippen LogP contribution in [0.25, 0.3) is 0 Å². The van der Waals surface area contributed by atoms with E-state index in [0.29, 0.717) is 16.8 Å². The molecule has 0 spiro atoms. The van der Waals surface area contributed by atoms with Crippen molar-refractivity contribution in [2.45, 2.75) is 19.4 Å². The Labute approximate surface area is 128 Å². The Morgan fingerprint density at radius 3 is 2.68 bits per heavy atom. The number of rotatable bonds is 5. The fourth-order valence-electron chi connectivity index (χ4n) is 2.17. The number of aliphatic hydroxyl groups excluding tert-OH is 1. The fourth-order valence-corrected chi connectivity index (χ4v) is 2.17. The minimum Gasteiger partial charge on any atom is -0.494 e. The fraction of sp³-hybridized carbons (Fsp3) is 0.235. The lowest BCUT2D eigenvalue weighted by atomic mass is 10.1. The van der Waals surface area contributed by atoms with Crippen LogP contribution in [-0.4, -0.2) is 18.1 Å². The van der Waals surface area contributed by atoms with Crippen LogP contribution >= 0.6 is 0 Å². The van der Waals surface area contributed by atoms with Gasteiger partial charge in [0.25, 0.3) is 0 Å². The molecule has 1 atom stereocenters. The number of carbonyl (C=O) groups excluding carboxylic acids is 1. The number of anilines is 1. The molecule has 0 bridgehead atoms. The highest BCUT2D eigenvalue weighted by Crippen LogP contribution is 2.23. The molecular weight excluding hydrogens is 285 g/mol. The van der Waals surface area contributed by atoms with Crippen molar-refractivity contribution < 1.29 is 19.0 Å². The average Bonchev–Trinajstić information content (AvgIpc) is 2.47. The van der Waals surface area contributed by atoms with Crippen molar-refractivity contribution in [1.82, 2.24) is 0 Å². The number of benzene rings is 2. The lowest BCUT2D eigenvalue weighted by molar-refractivity contribution is -0.115. The molecular formula is C17H18FNO3. The lowest BCUT2D eigenvalue weighted by Gasteiger charge is -2.13. The van der Waals surface area contributed by atoms with Gasteiger partial charge in [-0.25, -0.2) is 4.39 Å². The second kappa shape index (κ2) is 7.04. The summed E-state index contributed by atoms with van der Waals surface area (Å²) in [6.45, 7) is 1.63. The maximum Gasteiger partial charge on any atom is 0.228 e. The van der Waals surface area contributed by atoms with Crippen LogP contribution in [0, 0.1) is 5.82 Å². The number of methoxy groups -OCH3 is 1. The summed E-state index contributed by atoms with van der Waals surface area (Å²) in [6.07, 6.45) is -0.648. The third kappa shape index (κ3) is 3.83. The Hall–Kier alpha value is -2.40. The molecule has 0 radical (unpaired) electrons. The van der Waals surface area contributed by atoms with E-state index < -0.39 is 11.9 Å². The molecule has 2 aromatic carbocycles. The summed E-state index contributed by atoms with van der Waals surface area (Å²) < 4.78 is 18.4. The molecule has 0 aromatic heterocycles. The molecule has 2 N–H and O–H groups in total. The largest absolute Gasteiger partial charge is 0.494 e. The maximum atomic E-state index is 13.6. The first-order valence-electron chi connectivity index (χ1n) is 6.90. The molecule has 1 amide bonds. The van der Waals surface area contributed by atoms with Gasteiger partial charge in [-0.05, 0) is 30.7 Å². The number of nitrogens with one attached hydrogen (secondary N) is 1. The minimum absolute atomic E-state index is 0.0368. The maximum absolute atomic E-state index is 13.6. The number of halogens is 1. The highest BCUT2D eigenvalue weighted by Gasteiger charge is 2.11. The van der Waals surface area contributed by atoms with Gasteiger partial charge in [-0.15, -0.1) is 0 Å². The van der Waals surface area contributed by atoms with Gasteiger partial charge in [-0.2, -0.15) is 0 Å². The van der Waals surface area contributed by atoms with Gasteiger partial charge in [0.1, 0.15) is 0 Å². The smallest absolute Gasteiger partial charge is 0.228 e. The molecule has 2 aromatic rings. The molecule has 22 heavy (non-hydrogen) atoms. The van der Waals surface area contributed by atoms with Gasteiger partial charge in [0.15, 0.2) is 11.6 Å². The van der Waals surface area contributed by atoms with E-state index in [9.17, 15) is 14.3 Å². The van der Waals surface area contributed by atoms with E-state index in [1.165, 1.54) is 19.2 Å². The molecule has 116 valence electrons. The van der Waals surface area contributed by atoms with Crippen molar-refractivity contribution in [3.8, 4) is 5.75 Å².